The number of imide groups is 1. The largest absolute Gasteiger partial charge is 0.461 e. The second-order valence-electron chi connectivity index (χ2n) is 6.81. The zero-order chi connectivity index (χ0) is 16.8. The van der Waals surface area contributed by atoms with Crippen LogP contribution in [0.2, 0.25) is 0 Å². The third-order valence-corrected chi connectivity index (χ3v) is 5.58. The van der Waals surface area contributed by atoms with Gasteiger partial charge in [-0.2, -0.15) is 0 Å². The highest BCUT2D eigenvalue weighted by atomic mass is 16.5. The molecule has 23 heavy (non-hydrogen) atoms. The van der Waals surface area contributed by atoms with Crippen LogP contribution in [-0.4, -0.2) is 23.9 Å². The first-order chi connectivity index (χ1) is 10.8. The van der Waals surface area contributed by atoms with Crippen molar-refractivity contribution < 1.29 is 19.1 Å². The molecule has 2 aliphatic rings. The molecule has 2 fully saturated rings. The third-order valence-electron chi connectivity index (χ3n) is 5.58. The number of benzene rings is 1. The summed E-state index contributed by atoms with van der Waals surface area (Å²) in [5.41, 5.74) is -1.30. The molecule has 0 N–H and O–H groups in total. The van der Waals surface area contributed by atoms with Gasteiger partial charge in [0.05, 0.1) is 16.5 Å². The van der Waals surface area contributed by atoms with Crippen molar-refractivity contribution in [3.63, 3.8) is 0 Å². The monoisotopic (exact) mass is 315 g/mol. The fourth-order valence-electron chi connectivity index (χ4n) is 4.01. The van der Waals surface area contributed by atoms with E-state index in [1.54, 1.807) is 31.2 Å². The lowest BCUT2D eigenvalue weighted by atomic mass is 9.57. The maximum Gasteiger partial charge on any atom is 0.302 e. The number of ether oxygens (including phenoxy) is 1. The summed E-state index contributed by atoms with van der Waals surface area (Å²) in [5, 5.41) is 0. The zero-order valence-corrected chi connectivity index (χ0v) is 13.7. The highest BCUT2D eigenvalue weighted by Crippen LogP contribution is 2.58. The summed E-state index contributed by atoms with van der Waals surface area (Å²) in [6, 6.07) is 8.94. The standard InChI is InChI=1S/C18H21NO4/c1-12(20)23-14-10-7-11-17(2)15(21)19(16(22)18(14,17)3)13-8-5-4-6-9-13/h4-6,8-9,14H,7,10-11H2,1-3H3/t14-,17-,18+/m1/s1. The highest BCUT2D eigenvalue weighted by molar-refractivity contribution is 6.25. The Balaban J connectivity index is 2.09. The molecule has 0 unspecified atom stereocenters. The molecule has 0 aromatic heterocycles. The van der Waals surface area contributed by atoms with Crippen LogP contribution in [0.15, 0.2) is 30.3 Å². The summed E-state index contributed by atoms with van der Waals surface area (Å²) in [5.74, 6) is -0.894. The van der Waals surface area contributed by atoms with Crippen LogP contribution in [0.1, 0.15) is 40.0 Å². The molecule has 5 heteroatoms. The Morgan fingerprint density at radius 1 is 1.17 bits per heavy atom. The molecule has 3 rings (SSSR count). The van der Waals surface area contributed by atoms with Crippen LogP contribution in [0.25, 0.3) is 0 Å². The van der Waals surface area contributed by atoms with E-state index in [2.05, 4.69) is 0 Å². The molecule has 0 spiro atoms. The lowest BCUT2D eigenvalue weighted by molar-refractivity contribution is -0.170. The Bertz CT molecular complexity index is 671. The number of hydrogen-bond acceptors (Lipinski definition) is 4. The second kappa shape index (κ2) is 5.18. The number of fused-ring (bicyclic) bond motifs is 1. The zero-order valence-electron chi connectivity index (χ0n) is 13.7. The molecule has 1 heterocycles. The third kappa shape index (κ3) is 2.02. The molecule has 1 saturated carbocycles. The van der Waals surface area contributed by atoms with E-state index in [1.807, 2.05) is 13.0 Å². The van der Waals surface area contributed by atoms with Gasteiger partial charge in [0.25, 0.3) is 0 Å². The molecule has 1 saturated heterocycles. The Morgan fingerprint density at radius 3 is 2.43 bits per heavy atom. The average molecular weight is 315 g/mol. The van der Waals surface area contributed by atoms with Crippen molar-refractivity contribution in [2.75, 3.05) is 4.90 Å². The van der Waals surface area contributed by atoms with Crippen LogP contribution in [0.5, 0.6) is 0 Å². The van der Waals surface area contributed by atoms with Crippen LogP contribution in [0.4, 0.5) is 5.69 Å². The Morgan fingerprint density at radius 2 is 1.83 bits per heavy atom. The predicted molar refractivity (Wildman–Crippen MR) is 84.6 cm³/mol. The van der Waals surface area contributed by atoms with Crippen molar-refractivity contribution in [2.24, 2.45) is 10.8 Å². The topological polar surface area (TPSA) is 63.7 Å². The minimum absolute atomic E-state index is 0.201. The van der Waals surface area contributed by atoms with Gasteiger partial charge in [-0.3, -0.25) is 14.4 Å². The van der Waals surface area contributed by atoms with Crippen molar-refractivity contribution in [3.05, 3.63) is 30.3 Å². The fourth-order valence-corrected chi connectivity index (χ4v) is 4.01. The molecule has 122 valence electrons. The van der Waals surface area contributed by atoms with E-state index in [0.717, 1.165) is 6.42 Å². The van der Waals surface area contributed by atoms with Gasteiger partial charge < -0.3 is 4.74 Å². The Kier molecular flexibility index (Phi) is 3.54. The molecule has 0 radical (unpaired) electrons. The number of esters is 1. The second-order valence-corrected chi connectivity index (χ2v) is 6.81. The SMILES string of the molecule is CC(=O)O[C@@H]1CCC[C@]2(C)C(=O)N(c3ccccc3)C(=O)[C@]12C. The molecule has 5 nitrogen and oxygen atoms in total. The molecule has 3 atom stereocenters. The maximum atomic E-state index is 13.2. The first-order valence-electron chi connectivity index (χ1n) is 7.93. The van der Waals surface area contributed by atoms with Crippen LogP contribution in [0.3, 0.4) is 0 Å². The molecule has 0 bridgehead atoms. The van der Waals surface area contributed by atoms with E-state index in [4.69, 9.17) is 4.74 Å². The van der Waals surface area contributed by atoms with Gasteiger partial charge in [0.1, 0.15) is 6.10 Å². The lowest BCUT2D eigenvalue weighted by Crippen LogP contribution is -2.53. The lowest BCUT2D eigenvalue weighted by Gasteiger charge is -2.45. The fraction of sp³-hybridized carbons (Fsp3) is 0.500. The van der Waals surface area contributed by atoms with Crippen molar-refractivity contribution in [1.82, 2.24) is 0 Å². The molecule has 1 aliphatic heterocycles. The molecule has 1 aliphatic carbocycles. The predicted octanol–water partition coefficient (Wildman–Crippen LogP) is 2.69. The van der Waals surface area contributed by atoms with Crippen molar-refractivity contribution in [2.45, 2.75) is 46.1 Å². The van der Waals surface area contributed by atoms with Gasteiger partial charge in [0, 0.05) is 6.92 Å². The number of carbonyl (C=O) groups excluding carboxylic acids is 3. The van der Waals surface area contributed by atoms with E-state index >= 15 is 0 Å². The number of anilines is 1. The van der Waals surface area contributed by atoms with E-state index in [-0.39, 0.29) is 11.8 Å². The van der Waals surface area contributed by atoms with Gasteiger partial charge in [-0.1, -0.05) is 18.2 Å². The molecule has 1 aromatic carbocycles. The normalized spacial score (nSPS) is 33.5. The molecule has 1 aromatic rings. The Labute approximate surface area is 135 Å². The Hall–Kier alpha value is -2.17. The smallest absolute Gasteiger partial charge is 0.302 e. The van der Waals surface area contributed by atoms with Gasteiger partial charge in [-0.15, -0.1) is 0 Å². The van der Waals surface area contributed by atoms with Gasteiger partial charge in [-0.05, 0) is 45.2 Å². The molecular formula is C18H21NO4. The number of rotatable bonds is 2. The van der Waals surface area contributed by atoms with E-state index < -0.39 is 22.9 Å². The van der Waals surface area contributed by atoms with Crippen molar-refractivity contribution in [3.8, 4) is 0 Å². The first-order valence-corrected chi connectivity index (χ1v) is 7.93. The number of para-hydroxylation sites is 1. The number of amides is 2. The van der Waals surface area contributed by atoms with E-state index in [9.17, 15) is 14.4 Å². The summed E-state index contributed by atoms with van der Waals surface area (Å²) in [6.07, 6.45) is 1.41. The minimum Gasteiger partial charge on any atom is -0.461 e. The summed E-state index contributed by atoms with van der Waals surface area (Å²) in [4.78, 5) is 39.0. The van der Waals surface area contributed by atoms with Gasteiger partial charge in [-0.25, -0.2) is 4.90 Å². The highest BCUT2D eigenvalue weighted by Gasteiger charge is 2.69. The van der Waals surface area contributed by atoms with Gasteiger partial charge in [0.15, 0.2) is 0 Å². The van der Waals surface area contributed by atoms with E-state index in [1.165, 1.54) is 11.8 Å². The quantitative estimate of drug-likeness (QED) is 0.622. The summed E-state index contributed by atoms with van der Waals surface area (Å²) in [6.45, 7) is 4.93. The molecule has 2 amide bonds. The van der Waals surface area contributed by atoms with Gasteiger partial charge >= 0.3 is 5.97 Å². The van der Waals surface area contributed by atoms with Crippen LogP contribution in [0, 0.1) is 10.8 Å². The minimum atomic E-state index is -1.02. The number of carbonyl (C=O) groups is 3. The van der Waals surface area contributed by atoms with Crippen molar-refractivity contribution in [1.29, 1.82) is 0 Å². The van der Waals surface area contributed by atoms with Gasteiger partial charge in [0.2, 0.25) is 11.8 Å². The first kappa shape index (κ1) is 15.7. The summed E-state index contributed by atoms with van der Waals surface area (Å²) >= 11 is 0. The number of nitrogens with zero attached hydrogens (tertiary/aromatic N) is 1. The van der Waals surface area contributed by atoms with E-state index in [0.29, 0.717) is 18.5 Å². The number of hydrogen-bond donors (Lipinski definition) is 0. The van der Waals surface area contributed by atoms with Crippen molar-refractivity contribution >= 4 is 23.5 Å². The average Bonchev–Trinajstić information content (AvgIpc) is 2.67. The van der Waals surface area contributed by atoms with Crippen LogP contribution >= 0.6 is 0 Å². The summed E-state index contributed by atoms with van der Waals surface area (Å²) < 4.78 is 5.44. The summed E-state index contributed by atoms with van der Waals surface area (Å²) in [7, 11) is 0. The molecular weight excluding hydrogens is 294 g/mol. The van der Waals surface area contributed by atoms with Crippen LogP contribution < -0.4 is 4.90 Å². The van der Waals surface area contributed by atoms with Crippen LogP contribution in [-0.2, 0) is 19.1 Å². The maximum absolute atomic E-state index is 13.2.